The van der Waals surface area contributed by atoms with Crippen LogP contribution in [0.2, 0.25) is 0 Å². The summed E-state index contributed by atoms with van der Waals surface area (Å²) in [5, 5.41) is 3.36. The summed E-state index contributed by atoms with van der Waals surface area (Å²) in [7, 11) is 1.72. The van der Waals surface area contributed by atoms with Gasteiger partial charge < -0.3 is 10.1 Å². The fourth-order valence-corrected chi connectivity index (χ4v) is 1.68. The molecule has 2 nitrogen and oxygen atoms in total. The molecular weight excluding hydrogens is 210 g/mol. The highest BCUT2D eigenvalue weighted by molar-refractivity contribution is 5.53. The molecule has 0 aliphatic heterocycles. The standard InChI is InChI=1S/C15H23NO/c1-4-13(11-16-5-2)10-14-6-8-15(9-7-14)12-17-3/h6-10,16H,4-5,11-12H2,1-3H3. The Morgan fingerprint density at radius 3 is 2.47 bits per heavy atom. The van der Waals surface area contributed by atoms with Crippen molar-refractivity contribution in [3.05, 3.63) is 41.0 Å². The molecule has 0 aromatic heterocycles. The number of benzene rings is 1. The van der Waals surface area contributed by atoms with Crippen molar-refractivity contribution in [2.75, 3.05) is 20.2 Å². The molecule has 0 atom stereocenters. The number of rotatable bonds is 7. The van der Waals surface area contributed by atoms with Crippen molar-refractivity contribution < 1.29 is 4.74 Å². The third-order valence-corrected chi connectivity index (χ3v) is 2.72. The van der Waals surface area contributed by atoms with Gasteiger partial charge >= 0.3 is 0 Å². The molecular formula is C15H23NO. The monoisotopic (exact) mass is 233 g/mol. The van der Waals surface area contributed by atoms with Crippen LogP contribution in [0.1, 0.15) is 31.4 Å². The second-order valence-electron chi connectivity index (χ2n) is 4.11. The molecule has 0 aliphatic rings. The number of hydrogen-bond acceptors (Lipinski definition) is 2. The Bertz CT molecular complexity index is 340. The summed E-state index contributed by atoms with van der Waals surface area (Å²) in [6.45, 7) is 7.01. The minimum atomic E-state index is 0.683. The fraction of sp³-hybridized carbons (Fsp3) is 0.467. The lowest BCUT2D eigenvalue weighted by molar-refractivity contribution is 0.185. The summed E-state index contributed by atoms with van der Waals surface area (Å²) >= 11 is 0. The van der Waals surface area contributed by atoms with Crippen LogP contribution in [0.3, 0.4) is 0 Å². The molecule has 1 aromatic carbocycles. The number of ether oxygens (including phenoxy) is 1. The highest BCUT2D eigenvalue weighted by atomic mass is 16.5. The van der Waals surface area contributed by atoms with Crippen LogP contribution in [-0.4, -0.2) is 20.2 Å². The Labute approximate surface area is 105 Å². The molecule has 0 spiro atoms. The smallest absolute Gasteiger partial charge is 0.0713 e. The van der Waals surface area contributed by atoms with E-state index >= 15 is 0 Å². The Balaban J connectivity index is 2.67. The molecule has 0 amide bonds. The third-order valence-electron chi connectivity index (χ3n) is 2.72. The molecule has 0 saturated heterocycles. The van der Waals surface area contributed by atoms with E-state index in [4.69, 9.17) is 4.74 Å². The van der Waals surface area contributed by atoms with Gasteiger partial charge in [-0.3, -0.25) is 0 Å². The first-order valence-electron chi connectivity index (χ1n) is 6.28. The van der Waals surface area contributed by atoms with E-state index in [9.17, 15) is 0 Å². The van der Waals surface area contributed by atoms with E-state index in [1.54, 1.807) is 7.11 Å². The van der Waals surface area contributed by atoms with Crippen molar-refractivity contribution in [1.29, 1.82) is 0 Å². The van der Waals surface area contributed by atoms with Crippen molar-refractivity contribution >= 4 is 6.08 Å². The third kappa shape index (κ3) is 5.16. The highest BCUT2D eigenvalue weighted by Crippen LogP contribution is 2.11. The molecule has 0 unspecified atom stereocenters. The molecule has 0 heterocycles. The first-order chi connectivity index (χ1) is 8.30. The average Bonchev–Trinajstić information content (AvgIpc) is 2.37. The lowest BCUT2D eigenvalue weighted by Gasteiger charge is -2.06. The van der Waals surface area contributed by atoms with E-state index in [-0.39, 0.29) is 0 Å². The predicted octanol–water partition coefficient (Wildman–Crippen LogP) is 3.24. The van der Waals surface area contributed by atoms with Gasteiger partial charge in [-0.05, 0) is 24.1 Å². The summed E-state index contributed by atoms with van der Waals surface area (Å²) in [6.07, 6.45) is 3.35. The predicted molar refractivity (Wildman–Crippen MR) is 74.0 cm³/mol. The van der Waals surface area contributed by atoms with Crippen LogP contribution in [0.5, 0.6) is 0 Å². The van der Waals surface area contributed by atoms with Gasteiger partial charge in [-0.25, -0.2) is 0 Å². The zero-order valence-electron chi connectivity index (χ0n) is 11.1. The Kier molecular flexibility index (Phi) is 6.60. The summed E-state index contributed by atoms with van der Waals surface area (Å²) in [6, 6.07) is 8.54. The lowest BCUT2D eigenvalue weighted by Crippen LogP contribution is -2.15. The number of likely N-dealkylation sites (N-methyl/N-ethyl adjacent to an activating group) is 1. The molecule has 0 fully saturated rings. The second-order valence-corrected chi connectivity index (χ2v) is 4.11. The van der Waals surface area contributed by atoms with Gasteiger partial charge in [0.1, 0.15) is 0 Å². The minimum absolute atomic E-state index is 0.683. The van der Waals surface area contributed by atoms with Crippen LogP contribution in [0.25, 0.3) is 6.08 Å². The van der Waals surface area contributed by atoms with Crippen LogP contribution >= 0.6 is 0 Å². The number of methoxy groups -OCH3 is 1. The van der Waals surface area contributed by atoms with Crippen LogP contribution < -0.4 is 5.32 Å². The first-order valence-corrected chi connectivity index (χ1v) is 6.28. The van der Waals surface area contributed by atoms with Crippen molar-refractivity contribution in [2.24, 2.45) is 0 Å². The Morgan fingerprint density at radius 1 is 1.24 bits per heavy atom. The molecule has 1 aromatic rings. The van der Waals surface area contributed by atoms with E-state index in [1.165, 1.54) is 16.7 Å². The quantitative estimate of drug-likeness (QED) is 0.780. The van der Waals surface area contributed by atoms with Crippen LogP contribution in [0, 0.1) is 0 Å². The average molecular weight is 233 g/mol. The molecule has 17 heavy (non-hydrogen) atoms. The van der Waals surface area contributed by atoms with Crippen molar-refractivity contribution in [3.63, 3.8) is 0 Å². The summed E-state index contributed by atoms with van der Waals surface area (Å²) in [5.74, 6) is 0. The Morgan fingerprint density at radius 2 is 1.94 bits per heavy atom. The first kappa shape index (κ1) is 13.9. The van der Waals surface area contributed by atoms with Gasteiger partial charge in [0.2, 0.25) is 0 Å². The van der Waals surface area contributed by atoms with Crippen LogP contribution in [0.4, 0.5) is 0 Å². The zero-order valence-corrected chi connectivity index (χ0v) is 11.1. The van der Waals surface area contributed by atoms with Gasteiger partial charge in [-0.1, -0.05) is 49.8 Å². The van der Waals surface area contributed by atoms with E-state index in [1.807, 2.05) is 0 Å². The van der Waals surface area contributed by atoms with Crippen molar-refractivity contribution in [3.8, 4) is 0 Å². The fourth-order valence-electron chi connectivity index (χ4n) is 1.68. The largest absolute Gasteiger partial charge is 0.380 e. The number of hydrogen-bond donors (Lipinski definition) is 1. The molecule has 2 heteroatoms. The van der Waals surface area contributed by atoms with E-state index < -0.39 is 0 Å². The molecule has 0 radical (unpaired) electrons. The van der Waals surface area contributed by atoms with Gasteiger partial charge in [0.25, 0.3) is 0 Å². The van der Waals surface area contributed by atoms with Crippen molar-refractivity contribution in [1.82, 2.24) is 5.32 Å². The molecule has 94 valence electrons. The van der Waals surface area contributed by atoms with Gasteiger partial charge in [0.15, 0.2) is 0 Å². The Hall–Kier alpha value is -1.12. The normalized spacial score (nSPS) is 11.8. The van der Waals surface area contributed by atoms with Crippen LogP contribution in [-0.2, 0) is 11.3 Å². The zero-order chi connectivity index (χ0) is 12.5. The van der Waals surface area contributed by atoms with E-state index in [0.29, 0.717) is 6.61 Å². The summed E-state index contributed by atoms with van der Waals surface area (Å²) in [5.41, 5.74) is 3.92. The van der Waals surface area contributed by atoms with Gasteiger partial charge in [0, 0.05) is 13.7 Å². The maximum Gasteiger partial charge on any atom is 0.0713 e. The highest BCUT2D eigenvalue weighted by Gasteiger charge is 1.96. The van der Waals surface area contributed by atoms with Gasteiger partial charge in [-0.15, -0.1) is 0 Å². The topological polar surface area (TPSA) is 21.3 Å². The van der Waals surface area contributed by atoms with Crippen molar-refractivity contribution in [2.45, 2.75) is 26.9 Å². The maximum atomic E-state index is 5.10. The van der Waals surface area contributed by atoms with Gasteiger partial charge in [0.05, 0.1) is 6.61 Å². The SMILES string of the molecule is CCNCC(=Cc1ccc(COC)cc1)CC. The molecule has 0 saturated carbocycles. The minimum Gasteiger partial charge on any atom is -0.380 e. The van der Waals surface area contributed by atoms with E-state index in [0.717, 1.165) is 19.5 Å². The molecule has 0 bridgehead atoms. The van der Waals surface area contributed by atoms with Crippen LogP contribution in [0.15, 0.2) is 29.8 Å². The summed E-state index contributed by atoms with van der Waals surface area (Å²) in [4.78, 5) is 0. The maximum absolute atomic E-state index is 5.10. The molecule has 1 N–H and O–H groups in total. The second kappa shape index (κ2) is 8.04. The molecule has 0 aliphatic carbocycles. The van der Waals surface area contributed by atoms with E-state index in [2.05, 4.69) is 49.5 Å². The molecule has 1 rings (SSSR count). The number of nitrogens with one attached hydrogen (secondary N) is 1. The lowest BCUT2D eigenvalue weighted by atomic mass is 10.1. The van der Waals surface area contributed by atoms with Gasteiger partial charge in [-0.2, -0.15) is 0 Å². The summed E-state index contributed by atoms with van der Waals surface area (Å²) < 4.78 is 5.10.